The van der Waals surface area contributed by atoms with E-state index in [1.807, 2.05) is 26.2 Å². The highest BCUT2D eigenvalue weighted by Gasteiger charge is 2.22. The monoisotopic (exact) mass is 253 g/mol. The third-order valence-electron chi connectivity index (χ3n) is 2.86. The molecule has 0 aromatic carbocycles. The van der Waals surface area contributed by atoms with Gasteiger partial charge >= 0.3 is 0 Å². The summed E-state index contributed by atoms with van der Waals surface area (Å²) in [6, 6.07) is 4.69. The second-order valence-corrected chi connectivity index (χ2v) is 5.03. The van der Waals surface area contributed by atoms with Crippen LogP contribution in [-0.2, 0) is 0 Å². The molecule has 5 heteroatoms. The molecule has 1 fully saturated rings. The van der Waals surface area contributed by atoms with Crippen LogP contribution in [0.3, 0.4) is 0 Å². The first-order chi connectivity index (χ1) is 8.16. The van der Waals surface area contributed by atoms with E-state index < -0.39 is 0 Å². The Morgan fingerprint density at radius 2 is 2.35 bits per heavy atom. The van der Waals surface area contributed by atoms with Gasteiger partial charge in [-0.1, -0.05) is 0 Å². The number of thiocarbonyl (C=S) groups is 1. The molecule has 17 heavy (non-hydrogen) atoms. The van der Waals surface area contributed by atoms with Crippen LogP contribution in [0.2, 0.25) is 0 Å². The minimum atomic E-state index is 0.198. The van der Waals surface area contributed by atoms with Gasteiger partial charge in [-0.15, -0.1) is 0 Å². The van der Waals surface area contributed by atoms with Crippen molar-refractivity contribution in [2.45, 2.75) is 24.9 Å². The Bertz CT molecular complexity index is 360. The smallest absolute Gasteiger partial charge is 0.166 e. The molecule has 0 saturated heterocycles. The number of hydrogen-bond acceptors (Lipinski definition) is 3. The molecular formula is C12H19N3OS. The summed E-state index contributed by atoms with van der Waals surface area (Å²) in [4.78, 5) is 2.12. The fourth-order valence-electron chi connectivity index (χ4n) is 1.67. The minimum absolute atomic E-state index is 0.198. The lowest BCUT2D eigenvalue weighted by Crippen LogP contribution is -2.41. The van der Waals surface area contributed by atoms with Gasteiger partial charge in [0.25, 0.3) is 0 Å². The van der Waals surface area contributed by atoms with Crippen LogP contribution >= 0.6 is 12.2 Å². The van der Waals surface area contributed by atoms with E-state index in [-0.39, 0.29) is 6.04 Å². The van der Waals surface area contributed by atoms with E-state index in [0.29, 0.717) is 6.04 Å². The maximum atomic E-state index is 5.44. The van der Waals surface area contributed by atoms with E-state index >= 15 is 0 Å². The molecule has 2 rings (SSSR count). The Morgan fingerprint density at radius 1 is 1.59 bits per heavy atom. The van der Waals surface area contributed by atoms with Gasteiger partial charge < -0.3 is 15.1 Å². The van der Waals surface area contributed by atoms with Crippen molar-refractivity contribution < 1.29 is 4.42 Å². The summed E-state index contributed by atoms with van der Waals surface area (Å²) in [7, 11) is 4.07. The van der Waals surface area contributed by atoms with Crippen LogP contribution < -0.4 is 10.6 Å². The number of likely N-dealkylation sites (N-methyl/N-ethyl adjacent to an activating group) is 1. The third kappa shape index (κ3) is 3.71. The van der Waals surface area contributed by atoms with E-state index in [1.54, 1.807) is 6.26 Å². The average molecular weight is 253 g/mol. The Morgan fingerprint density at radius 3 is 2.88 bits per heavy atom. The summed E-state index contributed by atoms with van der Waals surface area (Å²) in [6.45, 7) is 0.749. The van der Waals surface area contributed by atoms with Gasteiger partial charge in [0.2, 0.25) is 0 Å². The van der Waals surface area contributed by atoms with E-state index in [4.69, 9.17) is 16.6 Å². The molecule has 0 aliphatic heterocycles. The first kappa shape index (κ1) is 12.4. The maximum Gasteiger partial charge on any atom is 0.166 e. The predicted molar refractivity (Wildman–Crippen MR) is 71.9 cm³/mol. The second-order valence-electron chi connectivity index (χ2n) is 4.62. The third-order valence-corrected chi connectivity index (χ3v) is 3.13. The van der Waals surface area contributed by atoms with Crippen molar-refractivity contribution >= 4 is 17.3 Å². The van der Waals surface area contributed by atoms with Crippen LogP contribution in [0.15, 0.2) is 22.8 Å². The van der Waals surface area contributed by atoms with Gasteiger partial charge in [-0.05, 0) is 51.3 Å². The quantitative estimate of drug-likeness (QED) is 0.778. The lowest BCUT2D eigenvalue weighted by atomic mass is 10.2. The molecular weight excluding hydrogens is 234 g/mol. The van der Waals surface area contributed by atoms with Gasteiger partial charge in [-0.2, -0.15) is 0 Å². The van der Waals surface area contributed by atoms with Gasteiger partial charge in [-0.25, -0.2) is 0 Å². The second kappa shape index (κ2) is 5.51. The Balaban J connectivity index is 1.83. The topological polar surface area (TPSA) is 40.4 Å². The molecule has 1 aliphatic rings. The van der Waals surface area contributed by atoms with Crippen LogP contribution in [0, 0.1) is 0 Å². The molecule has 0 spiro atoms. The van der Waals surface area contributed by atoms with Crippen LogP contribution in [-0.4, -0.2) is 36.7 Å². The van der Waals surface area contributed by atoms with Gasteiger partial charge in [0.1, 0.15) is 5.76 Å². The zero-order valence-electron chi connectivity index (χ0n) is 10.3. The first-order valence-electron chi connectivity index (χ1n) is 5.91. The Labute approximate surface area is 107 Å². The molecule has 4 nitrogen and oxygen atoms in total. The van der Waals surface area contributed by atoms with Gasteiger partial charge in [0.15, 0.2) is 5.11 Å². The molecule has 2 N–H and O–H groups in total. The van der Waals surface area contributed by atoms with Crippen molar-refractivity contribution in [1.29, 1.82) is 0 Å². The van der Waals surface area contributed by atoms with Gasteiger partial charge in [-0.3, -0.25) is 4.90 Å². The standard InChI is InChI=1S/C12H19N3OS/c1-15(2)10(11-4-3-7-16-11)8-13-12(17)14-9-5-6-9/h3-4,7,9-10H,5-6,8H2,1-2H3,(H2,13,14,17)/t10-/m1/s1. The molecule has 0 radical (unpaired) electrons. The highest BCUT2D eigenvalue weighted by Crippen LogP contribution is 2.19. The van der Waals surface area contributed by atoms with Crippen molar-refractivity contribution in [2.24, 2.45) is 0 Å². The molecule has 0 amide bonds. The van der Waals surface area contributed by atoms with Crippen molar-refractivity contribution in [1.82, 2.24) is 15.5 Å². The highest BCUT2D eigenvalue weighted by molar-refractivity contribution is 7.80. The summed E-state index contributed by atoms with van der Waals surface area (Å²) in [6.07, 6.45) is 4.17. The largest absolute Gasteiger partial charge is 0.468 e. The maximum absolute atomic E-state index is 5.44. The van der Waals surface area contributed by atoms with Crippen LogP contribution in [0.25, 0.3) is 0 Å². The summed E-state index contributed by atoms with van der Waals surface area (Å²) in [5.41, 5.74) is 0. The predicted octanol–water partition coefficient (Wildman–Crippen LogP) is 1.51. The fraction of sp³-hybridized carbons (Fsp3) is 0.583. The number of rotatable bonds is 5. The Hall–Kier alpha value is -1.07. The number of nitrogens with one attached hydrogen (secondary N) is 2. The van der Waals surface area contributed by atoms with Gasteiger partial charge in [0, 0.05) is 12.6 Å². The lowest BCUT2D eigenvalue weighted by molar-refractivity contribution is 0.258. The SMILES string of the molecule is CN(C)[C@H](CNC(=S)NC1CC1)c1ccco1. The van der Waals surface area contributed by atoms with E-state index in [9.17, 15) is 0 Å². The summed E-state index contributed by atoms with van der Waals surface area (Å²) in [5, 5.41) is 7.25. The van der Waals surface area contributed by atoms with Crippen molar-refractivity contribution in [3.05, 3.63) is 24.2 Å². The molecule has 1 saturated carbocycles. The van der Waals surface area contributed by atoms with Gasteiger partial charge in [0.05, 0.1) is 12.3 Å². The molecule has 1 aromatic rings. The van der Waals surface area contributed by atoms with Crippen LogP contribution in [0.4, 0.5) is 0 Å². The zero-order chi connectivity index (χ0) is 12.3. The average Bonchev–Trinajstić information content (AvgIpc) is 2.92. The Kier molecular flexibility index (Phi) is 4.02. The van der Waals surface area contributed by atoms with Crippen LogP contribution in [0.5, 0.6) is 0 Å². The summed E-state index contributed by atoms with van der Waals surface area (Å²) >= 11 is 5.23. The first-order valence-corrected chi connectivity index (χ1v) is 6.32. The fourth-order valence-corrected chi connectivity index (χ4v) is 1.92. The molecule has 1 atom stereocenters. The normalized spacial score (nSPS) is 16.9. The minimum Gasteiger partial charge on any atom is -0.468 e. The van der Waals surface area contributed by atoms with E-state index in [2.05, 4.69) is 15.5 Å². The van der Waals surface area contributed by atoms with E-state index in [1.165, 1.54) is 12.8 Å². The van der Waals surface area contributed by atoms with Crippen molar-refractivity contribution in [2.75, 3.05) is 20.6 Å². The molecule has 94 valence electrons. The van der Waals surface area contributed by atoms with Crippen LogP contribution in [0.1, 0.15) is 24.6 Å². The number of hydrogen-bond donors (Lipinski definition) is 2. The summed E-state index contributed by atoms with van der Waals surface area (Å²) in [5.74, 6) is 0.955. The number of furan rings is 1. The molecule has 1 aromatic heterocycles. The zero-order valence-corrected chi connectivity index (χ0v) is 11.1. The molecule has 1 aliphatic carbocycles. The summed E-state index contributed by atoms with van der Waals surface area (Å²) < 4.78 is 5.44. The number of nitrogens with zero attached hydrogens (tertiary/aromatic N) is 1. The van der Waals surface area contributed by atoms with Crippen molar-refractivity contribution in [3.8, 4) is 0 Å². The van der Waals surface area contributed by atoms with E-state index in [0.717, 1.165) is 17.4 Å². The van der Waals surface area contributed by atoms with Crippen molar-refractivity contribution in [3.63, 3.8) is 0 Å². The molecule has 0 bridgehead atoms. The lowest BCUT2D eigenvalue weighted by Gasteiger charge is -2.23. The highest BCUT2D eigenvalue weighted by atomic mass is 32.1. The molecule has 0 unspecified atom stereocenters. The molecule has 1 heterocycles.